The van der Waals surface area contributed by atoms with Crippen molar-refractivity contribution in [2.24, 2.45) is 0 Å². The highest BCUT2D eigenvalue weighted by Crippen LogP contribution is 2.34. The molecule has 0 aliphatic heterocycles. The van der Waals surface area contributed by atoms with E-state index in [0.717, 1.165) is 34.5 Å². The molecule has 110 valence electrons. The van der Waals surface area contributed by atoms with E-state index in [2.05, 4.69) is 30.9 Å². The molecular weight excluding hydrogens is 332 g/mol. The molecule has 1 fully saturated rings. The number of ether oxygens (including phenoxy) is 1. The van der Waals surface area contributed by atoms with Crippen LogP contribution in [0.1, 0.15) is 37.4 Å². The lowest BCUT2D eigenvalue weighted by Crippen LogP contribution is -2.07. The molecule has 0 saturated heterocycles. The summed E-state index contributed by atoms with van der Waals surface area (Å²) >= 11 is 3.48. The fourth-order valence-electron chi connectivity index (χ4n) is 2.71. The zero-order valence-electron chi connectivity index (χ0n) is 11.8. The molecule has 1 aromatic carbocycles. The molecule has 1 aliphatic rings. The van der Waals surface area contributed by atoms with E-state index < -0.39 is 0 Å². The Morgan fingerprint density at radius 3 is 2.62 bits per heavy atom. The first-order valence-corrected chi connectivity index (χ1v) is 7.82. The number of benzene rings is 1. The Balaban J connectivity index is 1.99. The van der Waals surface area contributed by atoms with Crippen LogP contribution >= 0.6 is 15.9 Å². The average Bonchev–Trinajstić information content (AvgIpc) is 3.01. The number of methoxy groups -OCH3 is 1. The van der Waals surface area contributed by atoms with Crippen molar-refractivity contribution < 1.29 is 4.74 Å². The lowest BCUT2D eigenvalue weighted by atomic mass is 10.1. The molecule has 0 amide bonds. The van der Waals surface area contributed by atoms with E-state index in [9.17, 15) is 0 Å². The molecule has 0 spiro atoms. The summed E-state index contributed by atoms with van der Waals surface area (Å²) in [5.41, 5.74) is 6.76. The van der Waals surface area contributed by atoms with E-state index in [1.807, 2.05) is 18.2 Å². The number of halogens is 1. The highest BCUT2D eigenvalue weighted by molar-refractivity contribution is 9.10. The summed E-state index contributed by atoms with van der Waals surface area (Å²) in [6.07, 6.45) is 4.74. The lowest BCUT2D eigenvalue weighted by molar-refractivity contribution is 0.412. The summed E-state index contributed by atoms with van der Waals surface area (Å²) in [5.74, 6) is 2.91. The van der Waals surface area contributed by atoms with Gasteiger partial charge < -0.3 is 10.5 Å². The van der Waals surface area contributed by atoms with Crippen molar-refractivity contribution in [3.05, 3.63) is 28.5 Å². The summed E-state index contributed by atoms with van der Waals surface area (Å²) in [4.78, 5) is 13.2. The fraction of sp³-hybridized carbons (Fsp3) is 0.400. The van der Waals surface area contributed by atoms with Crippen LogP contribution in [-0.2, 0) is 0 Å². The van der Waals surface area contributed by atoms with E-state index in [1.54, 1.807) is 7.11 Å². The van der Waals surface area contributed by atoms with Gasteiger partial charge in [0.2, 0.25) is 5.95 Å². The van der Waals surface area contributed by atoms with Gasteiger partial charge in [-0.25, -0.2) is 4.98 Å². The van der Waals surface area contributed by atoms with E-state index in [1.165, 1.54) is 12.8 Å². The van der Waals surface area contributed by atoms with Crippen molar-refractivity contribution in [1.82, 2.24) is 15.0 Å². The first-order chi connectivity index (χ1) is 10.2. The van der Waals surface area contributed by atoms with E-state index in [-0.39, 0.29) is 5.95 Å². The third-order valence-corrected chi connectivity index (χ3v) is 4.42. The maximum Gasteiger partial charge on any atom is 0.223 e. The van der Waals surface area contributed by atoms with Crippen LogP contribution in [0, 0.1) is 0 Å². The molecule has 21 heavy (non-hydrogen) atoms. The number of anilines is 1. The molecule has 1 saturated carbocycles. The van der Waals surface area contributed by atoms with Gasteiger partial charge in [0.1, 0.15) is 11.6 Å². The number of aromatic nitrogens is 3. The van der Waals surface area contributed by atoms with Crippen LogP contribution in [0.25, 0.3) is 11.4 Å². The Labute approximate surface area is 132 Å². The fourth-order valence-corrected chi connectivity index (χ4v) is 3.25. The minimum absolute atomic E-state index is 0.286. The Kier molecular flexibility index (Phi) is 4.05. The number of nitrogens with two attached hydrogens (primary N) is 1. The second-order valence-corrected chi connectivity index (χ2v) is 6.06. The maximum absolute atomic E-state index is 5.86. The van der Waals surface area contributed by atoms with Gasteiger partial charge in [0.25, 0.3) is 0 Å². The van der Waals surface area contributed by atoms with Gasteiger partial charge in [-0.1, -0.05) is 12.8 Å². The van der Waals surface area contributed by atoms with Gasteiger partial charge in [0.15, 0.2) is 5.82 Å². The number of nitrogens with zero attached hydrogens (tertiary/aromatic N) is 3. The number of rotatable bonds is 3. The standard InChI is InChI=1S/C15H17BrN4O/c1-21-12-7-6-10(8-11(12)16)14-18-13(19-15(17)20-14)9-4-2-3-5-9/h6-9H,2-5H2,1H3,(H2,17,18,19,20). The molecule has 0 atom stereocenters. The SMILES string of the molecule is COc1ccc(-c2nc(N)nc(C3CCCC3)n2)cc1Br. The molecule has 3 rings (SSSR count). The van der Waals surface area contributed by atoms with E-state index in [0.29, 0.717) is 11.7 Å². The van der Waals surface area contributed by atoms with Crippen LogP contribution in [0.4, 0.5) is 5.95 Å². The highest BCUT2D eigenvalue weighted by atomic mass is 79.9. The number of hydrogen-bond donors (Lipinski definition) is 1. The van der Waals surface area contributed by atoms with Gasteiger partial charge in [0.05, 0.1) is 11.6 Å². The normalized spacial score (nSPS) is 15.3. The molecule has 6 heteroatoms. The minimum Gasteiger partial charge on any atom is -0.496 e. The van der Waals surface area contributed by atoms with Gasteiger partial charge in [0, 0.05) is 11.5 Å². The molecule has 1 aliphatic carbocycles. The average molecular weight is 349 g/mol. The summed E-state index contributed by atoms with van der Waals surface area (Å²) in [5, 5.41) is 0. The predicted molar refractivity (Wildman–Crippen MR) is 85.1 cm³/mol. The molecular formula is C15H17BrN4O. The van der Waals surface area contributed by atoms with Crippen LogP contribution in [-0.4, -0.2) is 22.1 Å². The van der Waals surface area contributed by atoms with Crippen LogP contribution in [0.3, 0.4) is 0 Å². The van der Waals surface area contributed by atoms with Crippen LogP contribution in [0.15, 0.2) is 22.7 Å². The van der Waals surface area contributed by atoms with Gasteiger partial charge in [-0.2, -0.15) is 9.97 Å². The first kappa shape index (κ1) is 14.3. The lowest BCUT2D eigenvalue weighted by Gasteiger charge is -2.10. The Bertz CT molecular complexity index is 656. The van der Waals surface area contributed by atoms with Crippen LogP contribution < -0.4 is 10.5 Å². The van der Waals surface area contributed by atoms with Crippen molar-refractivity contribution in [2.45, 2.75) is 31.6 Å². The Morgan fingerprint density at radius 2 is 1.95 bits per heavy atom. The van der Waals surface area contributed by atoms with Crippen molar-refractivity contribution in [3.63, 3.8) is 0 Å². The molecule has 0 radical (unpaired) electrons. The van der Waals surface area contributed by atoms with Crippen molar-refractivity contribution >= 4 is 21.9 Å². The molecule has 5 nitrogen and oxygen atoms in total. The molecule has 0 bridgehead atoms. The Morgan fingerprint density at radius 1 is 1.19 bits per heavy atom. The second-order valence-electron chi connectivity index (χ2n) is 5.21. The van der Waals surface area contributed by atoms with Gasteiger partial charge >= 0.3 is 0 Å². The second kappa shape index (κ2) is 5.97. The van der Waals surface area contributed by atoms with E-state index in [4.69, 9.17) is 10.5 Å². The molecule has 0 unspecified atom stereocenters. The third kappa shape index (κ3) is 3.00. The van der Waals surface area contributed by atoms with Gasteiger partial charge in [-0.05, 0) is 47.0 Å². The smallest absolute Gasteiger partial charge is 0.223 e. The van der Waals surface area contributed by atoms with Crippen molar-refractivity contribution in [3.8, 4) is 17.1 Å². The first-order valence-electron chi connectivity index (χ1n) is 7.02. The monoisotopic (exact) mass is 348 g/mol. The topological polar surface area (TPSA) is 73.9 Å². The highest BCUT2D eigenvalue weighted by Gasteiger charge is 2.21. The molecule has 2 aromatic rings. The zero-order valence-corrected chi connectivity index (χ0v) is 13.4. The number of hydrogen-bond acceptors (Lipinski definition) is 5. The van der Waals surface area contributed by atoms with Crippen molar-refractivity contribution in [1.29, 1.82) is 0 Å². The third-order valence-electron chi connectivity index (χ3n) is 3.80. The zero-order chi connectivity index (χ0) is 14.8. The number of nitrogen functional groups attached to an aromatic ring is 1. The predicted octanol–water partition coefficient (Wildman–Crippen LogP) is 3.55. The van der Waals surface area contributed by atoms with Gasteiger partial charge in [-0.15, -0.1) is 0 Å². The van der Waals surface area contributed by atoms with E-state index >= 15 is 0 Å². The van der Waals surface area contributed by atoms with Gasteiger partial charge in [-0.3, -0.25) is 0 Å². The largest absolute Gasteiger partial charge is 0.496 e. The van der Waals surface area contributed by atoms with Crippen LogP contribution in [0.2, 0.25) is 0 Å². The Hall–Kier alpha value is -1.69. The molecule has 1 aromatic heterocycles. The molecule has 2 N–H and O–H groups in total. The van der Waals surface area contributed by atoms with Crippen molar-refractivity contribution in [2.75, 3.05) is 12.8 Å². The summed E-state index contributed by atoms with van der Waals surface area (Å²) in [6, 6.07) is 5.75. The minimum atomic E-state index is 0.286. The molecule has 1 heterocycles. The quantitative estimate of drug-likeness (QED) is 0.917. The summed E-state index contributed by atoms with van der Waals surface area (Å²) in [7, 11) is 1.64. The summed E-state index contributed by atoms with van der Waals surface area (Å²) < 4.78 is 6.10. The van der Waals surface area contributed by atoms with Crippen LogP contribution in [0.5, 0.6) is 5.75 Å². The summed E-state index contributed by atoms with van der Waals surface area (Å²) in [6.45, 7) is 0. The maximum atomic E-state index is 5.86.